The van der Waals surface area contributed by atoms with Gasteiger partial charge in [0.1, 0.15) is 4.83 Å². The number of hydrogen-bond acceptors (Lipinski definition) is 8. The largest absolute Gasteiger partial charge is 0.477 e. The summed E-state index contributed by atoms with van der Waals surface area (Å²) in [4.78, 5) is 27.3. The van der Waals surface area contributed by atoms with Gasteiger partial charge < -0.3 is 26.0 Å². The number of carbonyl (C=O) groups is 2. The second-order valence-electron chi connectivity index (χ2n) is 9.64. The van der Waals surface area contributed by atoms with Crippen molar-refractivity contribution in [2.45, 2.75) is 57.7 Å². The second kappa shape index (κ2) is 10.0. The van der Waals surface area contributed by atoms with E-state index >= 15 is 0 Å². The van der Waals surface area contributed by atoms with E-state index in [9.17, 15) is 9.59 Å². The summed E-state index contributed by atoms with van der Waals surface area (Å²) < 4.78 is 9.41. The quantitative estimate of drug-likeness (QED) is 0.375. The number of allylic oxidation sites excluding steroid dienone is 1. The number of nitrogens with one attached hydrogen (secondary N) is 4. The van der Waals surface area contributed by atoms with E-state index < -0.39 is 0 Å². The fourth-order valence-corrected chi connectivity index (χ4v) is 5.99. The lowest BCUT2D eigenvalue weighted by molar-refractivity contribution is -0.119. The van der Waals surface area contributed by atoms with Crippen molar-refractivity contribution >= 4 is 28.0 Å². The van der Waals surface area contributed by atoms with E-state index in [4.69, 9.17) is 4.74 Å². The minimum Gasteiger partial charge on any atom is -0.477 e. The van der Waals surface area contributed by atoms with Crippen LogP contribution in [0.2, 0.25) is 0 Å². The van der Waals surface area contributed by atoms with Crippen LogP contribution in [0.5, 0.6) is 5.88 Å². The molecule has 37 heavy (non-hydrogen) atoms. The lowest BCUT2D eigenvalue weighted by atomic mass is 10.1. The highest BCUT2D eigenvalue weighted by atomic mass is 32.1. The Labute approximate surface area is 217 Å². The molecule has 3 aromatic rings. The van der Waals surface area contributed by atoms with Crippen molar-refractivity contribution in [3.8, 4) is 16.3 Å². The van der Waals surface area contributed by atoms with Gasteiger partial charge in [0.15, 0.2) is 0 Å². The van der Waals surface area contributed by atoms with Crippen molar-refractivity contribution < 1.29 is 14.3 Å². The zero-order valence-electron chi connectivity index (χ0n) is 20.6. The highest BCUT2D eigenvalue weighted by Crippen LogP contribution is 2.37. The molecule has 0 radical (unpaired) electrons. The van der Waals surface area contributed by atoms with Crippen LogP contribution in [0.3, 0.4) is 0 Å². The monoisotopic (exact) mass is 522 g/mol. The average Bonchev–Trinajstić information content (AvgIpc) is 3.68. The van der Waals surface area contributed by atoms with Crippen molar-refractivity contribution in [1.82, 2.24) is 40.7 Å². The number of thiazole rings is 1. The molecule has 1 atom stereocenters. The number of ether oxygens (including phenoxy) is 1. The van der Waals surface area contributed by atoms with Crippen molar-refractivity contribution in [3.63, 3.8) is 0 Å². The Bertz CT molecular complexity index is 1390. The van der Waals surface area contributed by atoms with Crippen LogP contribution in [0.1, 0.15) is 49.4 Å². The van der Waals surface area contributed by atoms with E-state index in [0.29, 0.717) is 29.6 Å². The number of carbonyl (C=O) groups excluding carboxylic acids is 2. The molecule has 1 unspecified atom stereocenters. The van der Waals surface area contributed by atoms with Gasteiger partial charge in [0.2, 0.25) is 11.8 Å². The van der Waals surface area contributed by atoms with Gasteiger partial charge in [0, 0.05) is 37.1 Å². The summed E-state index contributed by atoms with van der Waals surface area (Å²) in [5, 5.41) is 21.2. The molecule has 3 aromatic heterocycles. The van der Waals surface area contributed by atoms with Gasteiger partial charge in [0.05, 0.1) is 53.3 Å². The first-order chi connectivity index (χ1) is 18.0. The average molecular weight is 523 g/mol. The Kier molecular flexibility index (Phi) is 6.43. The molecule has 194 valence electrons. The van der Waals surface area contributed by atoms with E-state index in [2.05, 4.69) is 31.5 Å². The Morgan fingerprint density at radius 2 is 2.05 bits per heavy atom. The Balaban J connectivity index is 1.14. The van der Waals surface area contributed by atoms with Crippen molar-refractivity contribution in [1.29, 1.82) is 0 Å². The molecule has 1 aliphatic carbocycles. The number of aryl methyl sites for hydroxylation is 1. The van der Waals surface area contributed by atoms with Gasteiger partial charge in [-0.05, 0) is 25.8 Å². The molecule has 6 rings (SSSR count). The van der Waals surface area contributed by atoms with Gasteiger partial charge in [-0.2, -0.15) is 10.2 Å². The van der Waals surface area contributed by atoms with Gasteiger partial charge in [0.25, 0.3) is 5.91 Å². The van der Waals surface area contributed by atoms with Crippen molar-refractivity contribution in [2.75, 3.05) is 13.2 Å². The minimum absolute atomic E-state index is 0.104. The van der Waals surface area contributed by atoms with E-state index in [0.717, 1.165) is 47.0 Å². The third-order valence-electron chi connectivity index (χ3n) is 6.96. The van der Waals surface area contributed by atoms with Crippen molar-refractivity contribution in [3.05, 3.63) is 47.8 Å². The van der Waals surface area contributed by atoms with E-state index in [1.165, 1.54) is 24.2 Å². The summed E-state index contributed by atoms with van der Waals surface area (Å²) >= 11 is 1.47. The molecule has 11 nitrogen and oxygen atoms in total. The summed E-state index contributed by atoms with van der Waals surface area (Å²) in [5.74, 6) is 0.396. The predicted octanol–water partition coefficient (Wildman–Crippen LogP) is 2.14. The highest BCUT2D eigenvalue weighted by molar-refractivity contribution is 7.21. The first kappa shape index (κ1) is 23.7. The van der Waals surface area contributed by atoms with Crippen LogP contribution in [-0.2, 0) is 11.3 Å². The van der Waals surface area contributed by atoms with Gasteiger partial charge in [-0.1, -0.05) is 12.8 Å². The first-order valence-corrected chi connectivity index (χ1v) is 13.6. The molecule has 2 aliphatic heterocycles. The van der Waals surface area contributed by atoms with E-state index in [-0.39, 0.29) is 24.4 Å². The SMILES string of the molecule is CC1NC=C(NC(=O)CNC2CCCC2)C=C1NC(=O)c1cnn2cc(-c3cnn4c3OCCC4)sc12. The number of aromatic nitrogens is 4. The van der Waals surface area contributed by atoms with Gasteiger partial charge in [-0.3, -0.25) is 9.59 Å². The molecule has 0 spiro atoms. The number of fused-ring (bicyclic) bond motifs is 2. The summed E-state index contributed by atoms with van der Waals surface area (Å²) in [6, 6.07) is 0.301. The van der Waals surface area contributed by atoms with Crippen LogP contribution in [0.4, 0.5) is 0 Å². The minimum atomic E-state index is -0.257. The fourth-order valence-electron chi connectivity index (χ4n) is 4.93. The molecule has 0 aromatic carbocycles. The maximum absolute atomic E-state index is 13.3. The second-order valence-corrected chi connectivity index (χ2v) is 10.7. The molecule has 12 heteroatoms. The smallest absolute Gasteiger partial charge is 0.260 e. The number of dihydropyridines is 1. The molecule has 0 saturated heterocycles. The summed E-state index contributed by atoms with van der Waals surface area (Å²) in [5.41, 5.74) is 2.66. The van der Waals surface area contributed by atoms with Crippen LogP contribution in [0.25, 0.3) is 15.3 Å². The first-order valence-electron chi connectivity index (χ1n) is 12.7. The standard InChI is InChI=1S/C25H30N8O3S/c1-15-20(9-17(10-26-15)30-22(34)13-27-16-5-2-3-6-16)31-23(35)19-12-29-33-14-21(37-25(19)33)18-11-28-32-7-4-8-36-24(18)32/h9-12,14-16,26-27H,2-8,13H2,1H3,(H,30,34)(H,31,35). The third-order valence-corrected chi connectivity index (χ3v) is 8.11. The zero-order chi connectivity index (χ0) is 25.4. The molecular weight excluding hydrogens is 492 g/mol. The number of hydrogen-bond donors (Lipinski definition) is 4. The van der Waals surface area contributed by atoms with Crippen LogP contribution in [-0.4, -0.2) is 56.4 Å². The Morgan fingerprint density at radius 3 is 2.92 bits per heavy atom. The van der Waals surface area contributed by atoms with Crippen LogP contribution >= 0.6 is 11.3 Å². The van der Waals surface area contributed by atoms with Gasteiger partial charge >= 0.3 is 0 Å². The Hall–Kier alpha value is -3.64. The number of nitrogens with zero attached hydrogens (tertiary/aromatic N) is 4. The summed E-state index contributed by atoms with van der Waals surface area (Å²) in [6.45, 7) is 3.72. The lowest BCUT2D eigenvalue weighted by Crippen LogP contribution is -2.41. The Morgan fingerprint density at radius 1 is 1.19 bits per heavy atom. The molecular formula is C25H30N8O3S. The van der Waals surface area contributed by atoms with Gasteiger partial charge in [-0.15, -0.1) is 11.3 Å². The van der Waals surface area contributed by atoms with Crippen LogP contribution < -0.4 is 26.0 Å². The van der Waals surface area contributed by atoms with E-state index in [1.54, 1.807) is 29.2 Å². The maximum Gasteiger partial charge on any atom is 0.260 e. The number of amides is 2. The van der Waals surface area contributed by atoms with Crippen molar-refractivity contribution in [2.24, 2.45) is 0 Å². The van der Waals surface area contributed by atoms with Crippen LogP contribution in [0.15, 0.2) is 42.3 Å². The molecule has 1 fully saturated rings. The maximum atomic E-state index is 13.3. The van der Waals surface area contributed by atoms with Gasteiger partial charge in [-0.25, -0.2) is 9.20 Å². The summed E-state index contributed by atoms with van der Waals surface area (Å²) in [6.07, 6.45) is 14.4. The third kappa shape index (κ3) is 4.86. The topological polar surface area (TPSA) is 127 Å². The van der Waals surface area contributed by atoms with E-state index in [1.807, 2.05) is 17.8 Å². The zero-order valence-corrected chi connectivity index (χ0v) is 21.4. The predicted molar refractivity (Wildman–Crippen MR) is 139 cm³/mol. The molecule has 0 bridgehead atoms. The number of rotatable bonds is 7. The van der Waals surface area contributed by atoms with Crippen LogP contribution in [0, 0.1) is 0 Å². The lowest BCUT2D eigenvalue weighted by Gasteiger charge is -2.23. The molecule has 2 amide bonds. The summed E-state index contributed by atoms with van der Waals surface area (Å²) in [7, 11) is 0. The molecule has 5 heterocycles. The fraction of sp³-hybridized carbons (Fsp3) is 0.440. The highest BCUT2D eigenvalue weighted by Gasteiger charge is 2.24. The molecule has 3 aliphatic rings. The molecule has 4 N–H and O–H groups in total. The normalized spacial score (nSPS) is 19.5. The molecule has 1 saturated carbocycles.